The van der Waals surface area contributed by atoms with Crippen molar-refractivity contribution in [3.05, 3.63) is 28.7 Å². The number of hydrogen-bond donors (Lipinski definition) is 1. The van der Waals surface area contributed by atoms with Crippen LogP contribution in [0.25, 0.3) is 0 Å². The van der Waals surface area contributed by atoms with Gasteiger partial charge < -0.3 is 15.0 Å². The summed E-state index contributed by atoms with van der Waals surface area (Å²) in [5.41, 5.74) is 0.833. The van der Waals surface area contributed by atoms with Gasteiger partial charge in [-0.25, -0.2) is 0 Å². The van der Waals surface area contributed by atoms with Gasteiger partial charge in [-0.2, -0.15) is 0 Å². The van der Waals surface area contributed by atoms with E-state index in [0.717, 1.165) is 16.6 Å². The minimum Gasteiger partial charge on any atom is -0.382 e. The van der Waals surface area contributed by atoms with Crippen LogP contribution in [0.2, 0.25) is 0 Å². The van der Waals surface area contributed by atoms with Crippen LogP contribution in [0.15, 0.2) is 28.7 Å². The Hall–Kier alpha value is -1.40. The smallest absolute Gasteiger partial charge is 0.227 e. The van der Waals surface area contributed by atoms with Gasteiger partial charge >= 0.3 is 0 Å². The van der Waals surface area contributed by atoms with Crippen LogP contribution in [0, 0.1) is 5.92 Å². The van der Waals surface area contributed by atoms with Crippen LogP contribution in [-0.4, -0.2) is 38.1 Å². The van der Waals surface area contributed by atoms with Crippen molar-refractivity contribution in [3.63, 3.8) is 0 Å². The number of nitrogens with one attached hydrogen (secondary N) is 1. The van der Waals surface area contributed by atoms with Crippen LogP contribution in [0.3, 0.4) is 0 Å². The summed E-state index contributed by atoms with van der Waals surface area (Å²) >= 11 is 3.37. The molecule has 0 aliphatic carbocycles. The Morgan fingerprint density at radius 2 is 2.14 bits per heavy atom. The summed E-state index contributed by atoms with van der Waals surface area (Å²) in [6, 6.07) is 7.54. The molecule has 0 bridgehead atoms. The molecule has 1 aliphatic heterocycles. The third-order valence-corrected chi connectivity index (χ3v) is 4.13. The first-order valence-electron chi connectivity index (χ1n) is 7.53. The lowest BCUT2D eigenvalue weighted by Crippen LogP contribution is -2.33. The fourth-order valence-electron chi connectivity index (χ4n) is 2.43. The molecule has 1 aromatic rings. The molecule has 1 N–H and O–H groups in total. The van der Waals surface area contributed by atoms with E-state index in [4.69, 9.17) is 4.74 Å². The van der Waals surface area contributed by atoms with Crippen molar-refractivity contribution in [3.8, 4) is 0 Å². The first-order valence-corrected chi connectivity index (χ1v) is 8.32. The van der Waals surface area contributed by atoms with E-state index in [-0.39, 0.29) is 24.2 Å². The number of halogens is 1. The van der Waals surface area contributed by atoms with Gasteiger partial charge in [-0.15, -0.1) is 0 Å². The van der Waals surface area contributed by atoms with Crippen molar-refractivity contribution < 1.29 is 14.3 Å². The molecule has 120 valence electrons. The molecule has 6 heteroatoms. The van der Waals surface area contributed by atoms with Gasteiger partial charge in [0.2, 0.25) is 11.8 Å². The van der Waals surface area contributed by atoms with Gasteiger partial charge in [-0.3, -0.25) is 9.59 Å². The first-order chi connectivity index (χ1) is 10.6. The molecule has 0 aromatic heterocycles. The van der Waals surface area contributed by atoms with Crippen molar-refractivity contribution in [1.82, 2.24) is 5.32 Å². The van der Waals surface area contributed by atoms with Gasteiger partial charge in [0.1, 0.15) is 0 Å². The number of carbonyl (C=O) groups is 2. The van der Waals surface area contributed by atoms with Crippen LogP contribution in [0.4, 0.5) is 5.69 Å². The number of benzene rings is 1. The highest BCUT2D eigenvalue weighted by molar-refractivity contribution is 9.10. The van der Waals surface area contributed by atoms with E-state index in [1.165, 1.54) is 0 Å². The standard InChI is InChI=1S/C16H21BrN2O3/c1-2-22-9-3-8-18-16(21)12-10-15(20)19(11-12)14-6-4-13(17)5-7-14/h4-7,12H,2-3,8-11H2,1H3,(H,18,21)/t12-/m0/s1. The molecule has 1 aromatic carbocycles. The quantitative estimate of drug-likeness (QED) is 0.751. The molecule has 0 unspecified atom stereocenters. The average Bonchev–Trinajstić information content (AvgIpc) is 2.90. The highest BCUT2D eigenvalue weighted by Gasteiger charge is 2.34. The summed E-state index contributed by atoms with van der Waals surface area (Å²) in [4.78, 5) is 25.9. The van der Waals surface area contributed by atoms with Crippen molar-refractivity contribution in [1.29, 1.82) is 0 Å². The molecule has 2 rings (SSSR count). The number of anilines is 1. The normalized spacial score (nSPS) is 17.8. The molecule has 22 heavy (non-hydrogen) atoms. The molecule has 1 atom stereocenters. The number of amides is 2. The summed E-state index contributed by atoms with van der Waals surface area (Å²) in [6.45, 7) is 4.30. The minimum absolute atomic E-state index is 0.00297. The maximum absolute atomic E-state index is 12.1. The molecule has 1 aliphatic rings. The number of rotatable bonds is 7. The summed E-state index contributed by atoms with van der Waals surface area (Å²) in [6.07, 6.45) is 1.06. The third kappa shape index (κ3) is 4.55. The third-order valence-electron chi connectivity index (χ3n) is 3.60. The van der Waals surface area contributed by atoms with Crippen molar-refractivity contribution >= 4 is 33.4 Å². The number of nitrogens with zero attached hydrogens (tertiary/aromatic N) is 1. The SMILES string of the molecule is CCOCCCNC(=O)[C@H]1CC(=O)N(c2ccc(Br)cc2)C1. The van der Waals surface area contributed by atoms with Gasteiger partial charge in [0.15, 0.2) is 0 Å². The van der Waals surface area contributed by atoms with E-state index in [0.29, 0.717) is 26.3 Å². The van der Waals surface area contributed by atoms with E-state index in [9.17, 15) is 9.59 Å². The second-order valence-corrected chi connectivity index (χ2v) is 6.14. The number of ether oxygens (including phenoxy) is 1. The van der Waals surface area contributed by atoms with E-state index in [1.54, 1.807) is 4.90 Å². The maximum atomic E-state index is 12.1. The Morgan fingerprint density at radius 3 is 2.82 bits per heavy atom. The zero-order valence-corrected chi connectivity index (χ0v) is 14.3. The van der Waals surface area contributed by atoms with E-state index < -0.39 is 0 Å². The molecule has 1 heterocycles. The fourth-order valence-corrected chi connectivity index (χ4v) is 2.69. The summed E-state index contributed by atoms with van der Waals surface area (Å²) in [5.74, 6) is -0.329. The lowest BCUT2D eigenvalue weighted by Gasteiger charge is -2.16. The largest absolute Gasteiger partial charge is 0.382 e. The number of carbonyl (C=O) groups excluding carboxylic acids is 2. The molecule has 0 radical (unpaired) electrons. The van der Waals surface area contributed by atoms with Gasteiger partial charge in [-0.05, 0) is 37.6 Å². The summed E-state index contributed by atoms with van der Waals surface area (Å²) < 4.78 is 6.19. The van der Waals surface area contributed by atoms with Crippen LogP contribution in [0.5, 0.6) is 0 Å². The van der Waals surface area contributed by atoms with Crippen molar-refractivity contribution in [2.24, 2.45) is 5.92 Å². The predicted octanol–water partition coefficient (Wildman–Crippen LogP) is 2.34. The highest BCUT2D eigenvalue weighted by atomic mass is 79.9. The summed E-state index contributed by atoms with van der Waals surface area (Å²) in [5, 5.41) is 2.88. The molecule has 0 spiro atoms. The van der Waals surface area contributed by atoms with Gasteiger partial charge in [0, 0.05) is 42.9 Å². The Kier molecular flexibility index (Phi) is 6.39. The lowest BCUT2D eigenvalue weighted by molar-refractivity contribution is -0.126. The molecule has 1 fully saturated rings. The van der Waals surface area contributed by atoms with Crippen LogP contribution < -0.4 is 10.2 Å². The van der Waals surface area contributed by atoms with Gasteiger partial charge in [0.05, 0.1) is 5.92 Å². The maximum Gasteiger partial charge on any atom is 0.227 e. The van der Waals surface area contributed by atoms with E-state index in [2.05, 4.69) is 21.2 Å². The first kappa shape index (κ1) is 17.0. The van der Waals surface area contributed by atoms with Crippen LogP contribution >= 0.6 is 15.9 Å². The zero-order valence-electron chi connectivity index (χ0n) is 12.7. The van der Waals surface area contributed by atoms with Crippen molar-refractivity contribution in [2.45, 2.75) is 19.8 Å². The van der Waals surface area contributed by atoms with Crippen LogP contribution in [-0.2, 0) is 14.3 Å². The lowest BCUT2D eigenvalue weighted by atomic mass is 10.1. The Labute approximate surface area is 139 Å². The molecular formula is C16H21BrN2O3. The number of hydrogen-bond acceptors (Lipinski definition) is 3. The van der Waals surface area contributed by atoms with E-state index >= 15 is 0 Å². The Morgan fingerprint density at radius 1 is 1.41 bits per heavy atom. The molecule has 1 saturated heterocycles. The molecule has 0 saturated carbocycles. The van der Waals surface area contributed by atoms with Crippen LogP contribution in [0.1, 0.15) is 19.8 Å². The van der Waals surface area contributed by atoms with Crippen molar-refractivity contribution in [2.75, 3.05) is 31.2 Å². The monoisotopic (exact) mass is 368 g/mol. The highest BCUT2D eigenvalue weighted by Crippen LogP contribution is 2.26. The summed E-state index contributed by atoms with van der Waals surface area (Å²) in [7, 11) is 0. The van der Waals surface area contributed by atoms with Gasteiger partial charge in [-0.1, -0.05) is 15.9 Å². The average molecular weight is 369 g/mol. The molecule has 2 amide bonds. The topological polar surface area (TPSA) is 58.6 Å². The Balaban J connectivity index is 1.83. The Bertz CT molecular complexity index is 519. The second kappa shape index (κ2) is 8.29. The van der Waals surface area contributed by atoms with E-state index in [1.807, 2.05) is 31.2 Å². The second-order valence-electron chi connectivity index (χ2n) is 5.22. The zero-order chi connectivity index (χ0) is 15.9. The fraction of sp³-hybridized carbons (Fsp3) is 0.500. The predicted molar refractivity (Wildman–Crippen MR) is 88.7 cm³/mol. The minimum atomic E-state index is -0.275. The molecular weight excluding hydrogens is 348 g/mol. The molecule has 5 nitrogen and oxygen atoms in total. The van der Waals surface area contributed by atoms with Gasteiger partial charge in [0.25, 0.3) is 0 Å².